The van der Waals surface area contributed by atoms with Crippen LogP contribution in [0.15, 0.2) is 34.9 Å². The number of hydrogen-bond donors (Lipinski definition) is 1. The fraction of sp³-hybridized carbons (Fsp3) is 0.214. The first-order chi connectivity index (χ1) is 10.0. The van der Waals surface area contributed by atoms with Crippen LogP contribution in [-0.2, 0) is 11.8 Å². The second-order valence-electron chi connectivity index (χ2n) is 4.21. The van der Waals surface area contributed by atoms with E-state index < -0.39 is 5.97 Å². The quantitative estimate of drug-likeness (QED) is 0.859. The van der Waals surface area contributed by atoms with Gasteiger partial charge in [0, 0.05) is 17.7 Å². The molecular weight excluding hydrogens is 338 g/mol. The van der Waals surface area contributed by atoms with Crippen LogP contribution in [0, 0.1) is 0 Å². The zero-order valence-corrected chi connectivity index (χ0v) is 13.2. The van der Waals surface area contributed by atoms with E-state index in [0.717, 1.165) is 0 Å². The molecule has 6 nitrogen and oxygen atoms in total. The van der Waals surface area contributed by atoms with Gasteiger partial charge in [0.15, 0.2) is 0 Å². The summed E-state index contributed by atoms with van der Waals surface area (Å²) in [4.78, 5) is 23.7. The number of nitrogens with zero attached hydrogens (tertiary/aromatic N) is 2. The lowest BCUT2D eigenvalue weighted by atomic mass is 10.2. The van der Waals surface area contributed by atoms with Gasteiger partial charge in [0.05, 0.1) is 17.9 Å². The summed E-state index contributed by atoms with van der Waals surface area (Å²) in [5.74, 6) is -0.678. The van der Waals surface area contributed by atoms with Crippen LogP contribution in [0.5, 0.6) is 0 Å². The van der Waals surface area contributed by atoms with Gasteiger partial charge in [-0.2, -0.15) is 5.10 Å². The van der Waals surface area contributed by atoms with Crippen molar-refractivity contribution in [3.05, 3.63) is 46.2 Å². The van der Waals surface area contributed by atoms with Gasteiger partial charge in [-0.1, -0.05) is 0 Å². The molecule has 0 radical (unpaired) electrons. The van der Waals surface area contributed by atoms with E-state index in [-0.39, 0.29) is 5.91 Å². The van der Waals surface area contributed by atoms with Crippen molar-refractivity contribution < 1.29 is 14.3 Å². The second kappa shape index (κ2) is 6.53. The fourth-order valence-corrected chi connectivity index (χ4v) is 2.22. The monoisotopic (exact) mass is 351 g/mol. The predicted octanol–water partition coefficient (Wildman–Crippen LogP) is 2.61. The van der Waals surface area contributed by atoms with E-state index in [1.807, 2.05) is 0 Å². The van der Waals surface area contributed by atoms with Crippen LogP contribution in [-0.4, -0.2) is 28.3 Å². The Morgan fingerprint density at radius 3 is 2.71 bits per heavy atom. The van der Waals surface area contributed by atoms with Gasteiger partial charge < -0.3 is 10.1 Å². The zero-order chi connectivity index (χ0) is 15.4. The number of aromatic nitrogens is 2. The van der Waals surface area contributed by atoms with Crippen LogP contribution in [0.2, 0.25) is 0 Å². The van der Waals surface area contributed by atoms with Gasteiger partial charge in [0.2, 0.25) is 0 Å². The highest BCUT2D eigenvalue weighted by Crippen LogP contribution is 2.24. The SMILES string of the molecule is CCOC(=O)c1ccc(NC(=O)c2ccnn2C)c(Br)c1. The molecule has 1 amide bonds. The Balaban J connectivity index is 2.16. The number of aryl methyl sites for hydroxylation is 1. The maximum atomic E-state index is 12.1. The summed E-state index contributed by atoms with van der Waals surface area (Å²) < 4.78 is 7.00. The number of halogens is 1. The highest BCUT2D eigenvalue weighted by Gasteiger charge is 2.13. The Morgan fingerprint density at radius 1 is 1.38 bits per heavy atom. The highest BCUT2D eigenvalue weighted by molar-refractivity contribution is 9.10. The molecule has 0 saturated heterocycles. The number of hydrogen-bond acceptors (Lipinski definition) is 4. The average Bonchev–Trinajstić information content (AvgIpc) is 2.87. The first-order valence-corrected chi connectivity index (χ1v) is 7.08. The third-order valence-corrected chi connectivity index (χ3v) is 3.44. The third-order valence-electron chi connectivity index (χ3n) is 2.78. The van der Waals surface area contributed by atoms with Gasteiger partial charge in [-0.05, 0) is 47.1 Å². The molecule has 0 spiro atoms. The number of nitrogens with one attached hydrogen (secondary N) is 1. The molecule has 1 aromatic heterocycles. The number of benzene rings is 1. The predicted molar refractivity (Wildman–Crippen MR) is 81.3 cm³/mol. The van der Waals surface area contributed by atoms with Crippen molar-refractivity contribution in [2.45, 2.75) is 6.92 Å². The van der Waals surface area contributed by atoms with Crippen LogP contribution < -0.4 is 5.32 Å². The summed E-state index contributed by atoms with van der Waals surface area (Å²) in [5, 5.41) is 6.70. The fourth-order valence-electron chi connectivity index (χ4n) is 1.74. The molecule has 0 aliphatic rings. The Bertz CT molecular complexity index is 682. The molecule has 0 aliphatic carbocycles. The first kappa shape index (κ1) is 15.2. The zero-order valence-electron chi connectivity index (χ0n) is 11.6. The lowest BCUT2D eigenvalue weighted by molar-refractivity contribution is 0.0526. The average molecular weight is 352 g/mol. The van der Waals surface area contributed by atoms with Gasteiger partial charge >= 0.3 is 5.97 Å². The topological polar surface area (TPSA) is 73.2 Å². The molecule has 2 aromatic rings. The standard InChI is InChI=1S/C14H14BrN3O3/c1-3-21-14(20)9-4-5-11(10(15)8-9)17-13(19)12-6-7-16-18(12)2/h4-8H,3H2,1-2H3,(H,17,19). The number of esters is 1. The number of anilines is 1. The first-order valence-electron chi connectivity index (χ1n) is 6.29. The van der Waals surface area contributed by atoms with E-state index in [4.69, 9.17) is 4.74 Å². The van der Waals surface area contributed by atoms with Crippen LogP contribution >= 0.6 is 15.9 Å². The summed E-state index contributed by atoms with van der Waals surface area (Å²) in [6.45, 7) is 2.06. The lowest BCUT2D eigenvalue weighted by Crippen LogP contribution is -2.16. The summed E-state index contributed by atoms with van der Waals surface area (Å²) in [7, 11) is 1.69. The van der Waals surface area contributed by atoms with Gasteiger partial charge in [0.25, 0.3) is 5.91 Å². The second-order valence-corrected chi connectivity index (χ2v) is 5.06. The maximum Gasteiger partial charge on any atom is 0.338 e. The lowest BCUT2D eigenvalue weighted by Gasteiger charge is -2.09. The number of rotatable bonds is 4. The molecule has 1 heterocycles. The minimum absolute atomic E-state index is 0.278. The van der Waals surface area contributed by atoms with E-state index in [2.05, 4.69) is 26.3 Å². The Hall–Kier alpha value is -2.15. The Labute approximate surface area is 130 Å². The third kappa shape index (κ3) is 3.49. The number of carbonyl (C=O) groups is 2. The summed E-state index contributed by atoms with van der Waals surface area (Å²) >= 11 is 3.33. The van der Waals surface area contributed by atoms with E-state index in [1.54, 1.807) is 44.4 Å². The molecule has 0 fully saturated rings. The van der Waals surface area contributed by atoms with Gasteiger partial charge in [0.1, 0.15) is 5.69 Å². The van der Waals surface area contributed by atoms with Crippen molar-refractivity contribution in [2.24, 2.45) is 7.05 Å². The van der Waals surface area contributed by atoms with Crippen molar-refractivity contribution in [1.82, 2.24) is 9.78 Å². The number of amides is 1. The molecule has 0 bridgehead atoms. The largest absolute Gasteiger partial charge is 0.462 e. The van der Waals surface area contributed by atoms with Crippen LogP contribution in [0.1, 0.15) is 27.8 Å². The van der Waals surface area contributed by atoms with Crippen molar-refractivity contribution in [3.8, 4) is 0 Å². The molecule has 1 aromatic carbocycles. The number of carbonyl (C=O) groups excluding carboxylic acids is 2. The molecule has 2 rings (SSSR count). The molecular formula is C14H14BrN3O3. The minimum Gasteiger partial charge on any atom is -0.462 e. The molecule has 0 aliphatic heterocycles. The van der Waals surface area contributed by atoms with E-state index in [1.165, 1.54) is 4.68 Å². The Kier molecular flexibility index (Phi) is 4.74. The minimum atomic E-state index is -0.400. The van der Waals surface area contributed by atoms with Gasteiger partial charge in [-0.25, -0.2) is 4.79 Å². The summed E-state index contributed by atoms with van der Waals surface area (Å²) in [6.07, 6.45) is 1.55. The molecule has 0 unspecified atom stereocenters. The van der Waals surface area contributed by atoms with E-state index >= 15 is 0 Å². The van der Waals surface area contributed by atoms with Gasteiger partial charge in [-0.3, -0.25) is 9.48 Å². The van der Waals surface area contributed by atoms with E-state index in [0.29, 0.717) is 28.0 Å². The van der Waals surface area contributed by atoms with Gasteiger partial charge in [-0.15, -0.1) is 0 Å². The smallest absolute Gasteiger partial charge is 0.338 e. The maximum absolute atomic E-state index is 12.1. The van der Waals surface area contributed by atoms with Crippen LogP contribution in [0.3, 0.4) is 0 Å². The van der Waals surface area contributed by atoms with Crippen molar-refractivity contribution in [2.75, 3.05) is 11.9 Å². The normalized spacial score (nSPS) is 10.2. The summed E-state index contributed by atoms with van der Waals surface area (Å²) in [6, 6.07) is 6.47. The van der Waals surface area contributed by atoms with Crippen molar-refractivity contribution in [1.29, 1.82) is 0 Å². The molecule has 1 N–H and O–H groups in total. The molecule has 110 valence electrons. The van der Waals surface area contributed by atoms with E-state index in [9.17, 15) is 9.59 Å². The molecule has 7 heteroatoms. The van der Waals surface area contributed by atoms with Crippen molar-refractivity contribution >= 4 is 33.5 Å². The van der Waals surface area contributed by atoms with Crippen molar-refractivity contribution in [3.63, 3.8) is 0 Å². The molecule has 0 atom stereocenters. The molecule has 21 heavy (non-hydrogen) atoms. The molecule has 0 saturated carbocycles. The Morgan fingerprint density at radius 2 is 2.14 bits per heavy atom. The van der Waals surface area contributed by atoms with Crippen LogP contribution in [0.25, 0.3) is 0 Å². The highest BCUT2D eigenvalue weighted by atomic mass is 79.9. The van der Waals surface area contributed by atoms with Crippen LogP contribution in [0.4, 0.5) is 5.69 Å². The summed E-state index contributed by atoms with van der Waals surface area (Å²) in [5.41, 5.74) is 1.42. The number of ether oxygens (including phenoxy) is 1.